The number of hydrogen-bond acceptors (Lipinski definition) is 5. The highest BCUT2D eigenvalue weighted by Gasteiger charge is 2.70. The summed E-state index contributed by atoms with van der Waals surface area (Å²) in [6, 6.07) is 15.1. The van der Waals surface area contributed by atoms with E-state index >= 15 is 0 Å². The molecule has 0 radical (unpaired) electrons. The van der Waals surface area contributed by atoms with Gasteiger partial charge in [0.15, 0.2) is 0 Å². The molecule has 4 fully saturated rings. The van der Waals surface area contributed by atoms with Crippen molar-refractivity contribution >= 4 is 33.4 Å². The molecular weight excluding hydrogens is 570 g/mol. The van der Waals surface area contributed by atoms with Crippen molar-refractivity contribution in [2.45, 2.75) is 80.4 Å². The van der Waals surface area contributed by atoms with Crippen LogP contribution in [0.5, 0.6) is 0 Å². The molecule has 4 saturated carbocycles. The van der Waals surface area contributed by atoms with Crippen molar-refractivity contribution in [2.75, 3.05) is 6.54 Å². The molecule has 0 spiro atoms. The third-order valence-electron chi connectivity index (χ3n) is 9.41. The number of benzene rings is 2. The van der Waals surface area contributed by atoms with Gasteiger partial charge >= 0.3 is 0 Å². The summed E-state index contributed by atoms with van der Waals surface area (Å²) in [6.45, 7) is 4.20. The molecule has 2 aromatic rings. The van der Waals surface area contributed by atoms with Crippen LogP contribution in [-0.2, 0) is 21.4 Å². The Kier molecular flexibility index (Phi) is 6.98. The highest BCUT2D eigenvalue weighted by Crippen LogP contribution is 2.67. The van der Waals surface area contributed by atoms with E-state index in [9.17, 15) is 22.0 Å². The Labute approximate surface area is 244 Å². The first-order valence-corrected chi connectivity index (χ1v) is 15.9. The van der Waals surface area contributed by atoms with Gasteiger partial charge in [-0.1, -0.05) is 41.9 Å². The van der Waals surface area contributed by atoms with Gasteiger partial charge in [-0.05, 0) is 74.3 Å². The van der Waals surface area contributed by atoms with Crippen molar-refractivity contribution in [1.29, 1.82) is 0 Å². The van der Waals surface area contributed by atoms with E-state index in [-0.39, 0.29) is 48.6 Å². The highest BCUT2D eigenvalue weighted by atomic mass is 35.5. The molecule has 2 aromatic carbocycles. The Morgan fingerprint density at radius 2 is 1.73 bits per heavy atom. The third kappa shape index (κ3) is 5.16. The van der Waals surface area contributed by atoms with Gasteiger partial charge in [-0.3, -0.25) is 9.79 Å². The second-order valence-electron chi connectivity index (χ2n) is 12.7. The van der Waals surface area contributed by atoms with E-state index in [1.54, 1.807) is 46.8 Å². The summed E-state index contributed by atoms with van der Waals surface area (Å²) >= 11 is 6.09. The molecule has 11 heteroatoms. The van der Waals surface area contributed by atoms with E-state index < -0.39 is 33.1 Å². The number of aliphatic imine (C=N–C) groups is 1. The second kappa shape index (κ2) is 10.0. The average molecular weight is 605 g/mol. The van der Waals surface area contributed by atoms with Crippen LogP contribution in [0.15, 0.2) is 64.5 Å². The minimum absolute atomic E-state index is 0.0642. The molecule has 7 nitrogen and oxygen atoms in total. The van der Waals surface area contributed by atoms with Crippen LogP contribution in [0, 0.1) is 17.8 Å². The van der Waals surface area contributed by atoms with E-state index in [0.29, 0.717) is 23.2 Å². The van der Waals surface area contributed by atoms with Crippen LogP contribution in [0.4, 0.5) is 8.78 Å². The van der Waals surface area contributed by atoms with Crippen LogP contribution in [0.3, 0.4) is 0 Å². The average Bonchev–Trinajstić information content (AvgIpc) is 3.19. The zero-order chi connectivity index (χ0) is 29.2. The van der Waals surface area contributed by atoms with E-state index in [1.807, 2.05) is 26.0 Å². The van der Waals surface area contributed by atoms with Crippen LogP contribution < -0.4 is 10.6 Å². The Morgan fingerprint density at radius 1 is 1.07 bits per heavy atom. The maximum absolute atomic E-state index is 14.0. The first kappa shape index (κ1) is 28.6. The first-order valence-electron chi connectivity index (χ1n) is 14.1. The lowest BCUT2D eigenvalue weighted by molar-refractivity contribution is -0.179. The zero-order valence-corrected chi connectivity index (χ0v) is 24.7. The summed E-state index contributed by atoms with van der Waals surface area (Å²) in [5.74, 6) is -1.95. The molecular formula is C30H35ClF2N4O3S. The number of sulfonamides is 1. The standard InChI is InChI=1S/C30H35ClF2N4O3S/c1-28(2)26(27(38)34-17-20-13-30(32,33)14-20)35-25(36-28)12-24-21-15-29(24,16-21)37(18-19-8-10-22(31)11-9-19)41(39,40)23-6-4-3-5-7-23/h3-11,20-21,24,26H,12-18H2,1-2H3,(H,34,38)(H,35,36)/t21?,24?,26-,29?/m0/s1. The van der Waals surface area contributed by atoms with Crippen molar-refractivity contribution in [3.05, 3.63) is 65.2 Å². The lowest BCUT2D eigenvalue weighted by Crippen LogP contribution is -2.76. The molecule has 0 saturated heterocycles. The summed E-state index contributed by atoms with van der Waals surface area (Å²) in [4.78, 5) is 18.1. The van der Waals surface area contributed by atoms with E-state index in [4.69, 9.17) is 16.6 Å². The Morgan fingerprint density at radius 3 is 2.32 bits per heavy atom. The van der Waals surface area contributed by atoms with Crippen LogP contribution >= 0.6 is 11.6 Å². The van der Waals surface area contributed by atoms with Gasteiger partial charge in [-0.25, -0.2) is 17.2 Å². The van der Waals surface area contributed by atoms with Gasteiger partial charge in [0.1, 0.15) is 6.04 Å². The van der Waals surface area contributed by atoms with Crippen LogP contribution in [0.2, 0.25) is 5.02 Å². The Bertz CT molecular complexity index is 1450. The monoisotopic (exact) mass is 604 g/mol. The Hall–Kier alpha value is -2.56. The number of alkyl halides is 2. The molecule has 2 bridgehead atoms. The summed E-state index contributed by atoms with van der Waals surface area (Å²) in [7, 11) is -3.80. The predicted octanol–water partition coefficient (Wildman–Crippen LogP) is 5.01. The van der Waals surface area contributed by atoms with Crippen LogP contribution in [0.1, 0.15) is 51.5 Å². The fraction of sp³-hybridized carbons (Fsp3) is 0.533. The number of nitrogens with one attached hydrogen (secondary N) is 2. The molecule has 5 aliphatic rings. The number of amides is 1. The largest absolute Gasteiger partial charge is 0.360 e. The maximum Gasteiger partial charge on any atom is 0.248 e. The van der Waals surface area contributed by atoms with Gasteiger partial charge in [0.2, 0.25) is 21.9 Å². The van der Waals surface area contributed by atoms with Gasteiger partial charge in [0.05, 0.1) is 16.3 Å². The number of carbonyl (C=O) groups excluding carboxylic acids is 1. The van der Waals surface area contributed by atoms with Gasteiger partial charge in [0.25, 0.3) is 0 Å². The van der Waals surface area contributed by atoms with E-state index in [1.165, 1.54) is 0 Å². The summed E-state index contributed by atoms with van der Waals surface area (Å²) in [5.41, 5.74) is -0.400. The lowest BCUT2D eigenvalue weighted by Gasteiger charge is -2.71. The van der Waals surface area contributed by atoms with Crippen molar-refractivity contribution in [1.82, 2.24) is 14.9 Å². The molecule has 1 unspecified atom stereocenters. The fourth-order valence-electron chi connectivity index (χ4n) is 7.02. The molecule has 1 heterocycles. The lowest BCUT2D eigenvalue weighted by atomic mass is 9.41. The number of hydrogen-bond donors (Lipinski definition) is 2. The van der Waals surface area contributed by atoms with Crippen molar-refractivity contribution in [3.8, 4) is 0 Å². The van der Waals surface area contributed by atoms with Gasteiger partial charge in [-0.15, -0.1) is 0 Å². The number of amidine groups is 1. The summed E-state index contributed by atoms with van der Waals surface area (Å²) < 4.78 is 56.1. The molecule has 0 aromatic heterocycles. The fourth-order valence-corrected chi connectivity index (χ4v) is 8.98. The van der Waals surface area contributed by atoms with Crippen LogP contribution in [0.25, 0.3) is 0 Å². The summed E-state index contributed by atoms with van der Waals surface area (Å²) in [5, 5.41) is 6.71. The summed E-state index contributed by atoms with van der Waals surface area (Å²) in [6.07, 6.45) is 1.71. The molecule has 4 aliphatic carbocycles. The van der Waals surface area contributed by atoms with Crippen molar-refractivity contribution in [2.24, 2.45) is 22.7 Å². The smallest absolute Gasteiger partial charge is 0.248 e. The zero-order valence-electron chi connectivity index (χ0n) is 23.1. The normalized spacial score (nSPS) is 29.5. The van der Waals surface area contributed by atoms with Gasteiger partial charge < -0.3 is 10.6 Å². The van der Waals surface area contributed by atoms with Crippen molar-refractivity contribution in [3.63, 3.8) is 0 Å². The van der Waals surface area contributed by atoms with Crippen molar-refractivity contribution < 1.29 is 22.0 Å². The molecule has 7 rings (SSSR count). The number of carbonyl (C=O) groups is 1. The number of rotatable bonds is 10. The van der Waals surface area contributed by atoms with E-state index in [2.05, 4.69) is 10.6 Å². The van der Waals surface area contributed by atoms with Crippen LogP contribution in [-0.4, -0.2) is 54.1 Å². The molecule has 220 valence electrons. The second-order valence-corrected chi connectivity index (χ2v) is 15.0. The first-order chi connectivity index (χ1) is 19.3. The van der Waals surface area contributed by atoms with Gasteiger partial charge in [0, 0.05) is 42.9 Å². The highest BCUT2D eigenvalue weighted by molar-refractivity contribution is 7.89. The molecule has 41 heavy (non-hydrogen) atoms. The Balaban J connectivity index is 1.18. The van der Waals surface area contributed by atoms with Gasteiger partial charge in [-0.2, -0.15) is 4.31 Å². The SMILES string of the molecule is CC1(C)N=C(CC2C3CC2(N(Cc2ccc(Cl)cc2)S(=O)(=O)c2ccccc2)C3)N[C@H]1C(=O)NCC1CC(F)(F)C1. The molecule has 2 atom stereocenters. The number of nitrogens with zero attached hydrogens (tertiary/aromatic N) is 2. The number of halogens is 3. The minimum Gasteiger partial charge on any atom is -0.360 e. The predicted molar refractivity (Wildman–Crippen MR) is 153 cm³/mol. The topological polar surface area (TPSA) is 90.9 Å². The molecule has 2 N–H and O–H groups in total. The quantitative estimate of drug-likeness (QED) is 0.399. The maximum atomic E-state index is 14.0. The minimum atomic E-state index is -3.80. The third-order valence-corrected chi connectivity index (χ3v) is 11.6. The van der Waals surface area contributed by atoms with E-state index in [0.717, 1.165) is 18.4 Å². The molecule has 1 aliphatic heterocycles. The molecule has 1 amide bonds.